The molecular formula is C18H21N3O2S2. The maximum Gasteiger partial charge on any atom is 0.246 e. The van der Waals surface area contributed by atoms with Crippen LogP contribution in [-0.2, 0) is 16.1 Å². The van der Waals surface area contributed by atoms with Crippen LogP contribution in [0.2, 0.25) is 0 Å². The maximum atomic E-state index is 12.6. The molecule has 0 saturated carbocycles. The van der Waals surface area contributed by atoms with Gasteiger partial charge in [0.1, 0.15) is 6.54 Å². The van der Waals surface area contributed by atoms with Crippen molar-refractivity contribution in [3.63, 3.8) is 0 Å². The number of amides is 2. The van der Waals surface area contributed by atoms with Crippen molar-refractivity contribution in [1.29, 1.82) is 0 Å². The first-order chi connectivity index (χ1) is 12.1. The Morgan fingerprint density at radius 3 is 2.68 bits per heavy atom. The third-order valence-corrected chi connectivity index (χ3v) is 6.62. The summed E-state index contributed by atoms with van der Waals surface area (Å²) >= 11 is 3.30. The van der Waals surface area contributed by atoms with E-state index in [2.05, 4.69) is 21.7 Å². The molecule has 0 aliphatic carbocycles. The minimum Gasteiger partial charge on any atom is -0.325 e. The summed E-state index contributed by atoms with van der Waals surface area (Å²) in [7, 11) is 0. The summed E-state index contributed by atoms with van der Waals surface area (Å²) in [5, 5.41) is 8.27. The fraction of sp³-hybridized carbons (Fsp3) is 0.444. The zero-order valence-electron chi connectivity index (χ0n) is 14.2. The van der Waals surface area contributed by atoms with Gasteiger partial charge in [0, 0.05) is 31.9 Å². The quantitative estimate of drug-likeness (QED) is 0.828. The Morgan fingerprint density at radius 1 is 1.20 bits per heavy atom. The molecule has 0 unspecified atom stereocenters. The molecule has 7 heteroatoms. The minimum atomic E-state index is -0.280. The summed E-state index contributed by atoms with van der Waals surface area (Å²) in [6.45, 7) is 5.02. The number of anilines is 1. The van der Waals surface area contributed by atoms with Crippen LogP contribution < -0.4 is 4.90 Å². The van der Waals surface area contributed by atoms with Crippen molar-refractivity contribution in [3.8, 4) is 0 Å². The van der Waals surface area contributed by atoms with Gasteiger partial charge >= 0.3 is 0 Å². The molecule has 0 radical (unpaired) electrons. The van der Waals surface area contributed by atoms with Crippen molar-refractivity contribution in [2.24, 2.45) is 0 Å². The lowest BCUT2D eigenvalue weighted by Crippen LogP contribution is -2.66. The number of carbonyl (C=O) groups is 2. The first-order valence-electron chi connectivity index (χ1n) is 8.42. The smallest absolute Gasteiger partial charge is 0.246 e. The monoisotopic (exact) mass is 375 g/mol. The molecule has 4 heterocycles. The number of piperazine rings is 1. The van der Waals surface area contributed by atoms with Crippen LogP contribution in [0, 0.1) is 0 Å². The van der Waals surface area contributed by atoms with Crippen molar-refractivity contribution in [2.75, 3.05) is 31.1 Å². The van der Waals surface area contributed by atoms with Gasteiger partial charge in [-0.15, -0.1) is 0 Å². The molecule has 2 amide bonds. The van der Waals surface area contributed by atoms with Gasteiger partial charge in [0.25, 0.3) is 0 Å². The fourth-order valence-electron chi connectivity index (χ4n) is 4.01. The largest absolute Gasteiger partial charge is 0.325 e. The Labute approximate surface area is 155 Å². The Kier molecular flexibility index (Phi) is 4.39. The van der Waals surface area contributed by atoms with Gasteiger partial charge < -0.3 is 9.80 Å². The molecule has 25 heavy (non-hydrogen) atoms. The normalized spacial score (nSPS) is 24.4. The Bertz CT molecular complexity index is 759. The Balaban J connectivity index is 1.58. The van der Waals surface area contributed by atoms with E-state index in [0.29, 0.717) is 6.54 Å². The minimum absolute atomic E-state index is 0.00398. The molecule has 2 aliphatic heterocycles. The van der Waals surface area contributed by atoms with E-state index in [4.69, 9.17) is 0 Å². The number of likely N-dealkylation sites (tertiary alicyclic amines) is 1. The number of rotatable bonds is 3. The number of carbonyl (C=O) groups excluding carboxylic acids is 2. The molecule has 132 valence electrons. The van der Waals surface area contributed by atoms with Crippen molar-refractivity contribution in [1.82, 2.24) is 9.80 Å². The van der Waals surface area contributed by atoms with Gasteiger partial charge in [-0.1, -0.05) is 0 Å². The number of hydrogen-bond donors (Lipinski definition) is 0. The molecule has 2 aliphatic rings. The van der Waals surface area contributed by atoms with Crippen LogP contribution >= 0.6 is 22.7 Å². The van der Waals surface area contributed by atoms with Crippen molar-refractivity contribution in [3.05, 3.63) is 39.2 Å². The lowest BCUT2D eigenvalue weighted by Gasteiger charge is -2.48. The van der Waals surface area contributed by atoms with E-state index < -0.39 is 0 Å². The number of hydrogen-bond acceptors (Lipinski definition) is 5. The van der Waals surface area contributed by atoms with Gasteiger partial charge in [-0.3, -0.25) is 14.5 Å². The first-order valence-corrected chi connectivity index (χ1v) is 10.3. The maximum absolute atomic E-state index is 12.6. The fourth-order valence-corrected chi connectivity index (χ4v) is 5.31. The second-order valence-corrected chi connectivity index (χ2v) is 8.44. The van der Waals surface area contributed by atoms with Crippen LogP contribution in [0.15, 0.2) is 33.7 Å². The highest BCUT2D eigenvalue weighted by atomic mass is 32.1. The van der Waals surface area contributed by atoms with Gasteiger partial charge in [0.15, 0.2) is 0 Å². The molecule has 0 aromatic carbocycles. The van der Waals surface area contributed by atoms with Gasteiger partial charge in [0.05, 0.1) is 17.8 Å². The van der Waals surface area contributed by atoms with Gasteiger partial charge in [-0.2, -0.15) is 22.7 Å². The van der Waals surface area contributed by atoms with Crippen molar-refractivity contribution >= 4 is 40.2 Å². The van der Waals surface area contributed by atoms with Crippen LogP contribution in [0.5, 0.6) is 0 Å². The van der Waals surface area contributed by atoms with E-state index in [-0.39, 0.29) is 23.9 Å². The third-order valence-electron chi connectivity index (χ3n) is 5.21. The van der Waals surface area contributed by atoms with Gasteiger partial charge in [-0.05, 0) is 40.3 Å². The van der Waals surface area contributed by atoms with Gasteiger partial charge in [0.2, 0.25) is 11.8 Å². The summed E-state index contributed by atoms with van der Waals surface area (Å²) < 4.78 is 0. The summed E-state index contributed by atoms with van der Waals surface area (Å²) in [5.41, 5.74) is 1.99. The van der Waals surface area contributed by atoms with Crippen LogP contribution in [0.4, 0.5) is 5.69 Å². The summed E-state index contributed by atoms with van der Waals surface area (Å²) in [6.07, 6.45) is 0.907. The predicted molar refractivity (Wildman–Crippen MR) is 101 cm³/mol. The second-order valence-electron chi connectivity index (χ2n) is 6.88. The molecule has 0 bridgehead atoms. The first kappa shape index (κ1) is 16.8. The lowest BCUT2D eigenvalue weighted by atomic mass is 9.92. The molecule has 4 rings (SSSR count). The molecule has 5 nitrogen and oxygen atoms in total. The van der Waals surface area contributed by atoms with E-state index >= 15 is 0 Å². The molecule has 1 atom stereocenters. The standard InChI is InChI=1S/C18H21N3O2S2/c1-14(22)21-9-17(23)20(16-3-7-25-11-16)13-18(21)4-5-19(12-18)8-15-2-6-24-10-15/h2-3,6-7,10-11H,4-5,8-9,12-13H2,1H3/t18-/m0/s1. The molecular weight excluding hydrogens is 354 g/mol. The van der Waals surface area contributed by atoms with E-state index in [1.807, 2.05) is 26.6 Å². The molecule has 2 aromatic rings. The average Bonchev–Trinajstić information content (AvgIpc) is 3.33. The zero-order valence-corrected chi connectivity index (χ0v) is 15.8. The van der Waals surface area contributed by atoms with Crippen LogP contribution in [0.1, 0.15) is 18.9 Å². The van der Waals surface area contributed by atoms with Crippen molar-refractivity contribution in [2.45, 2.75) is 25.4 Å². The predicted octanol–water partition coefficient (Wildman–Crippen LogP) is 2.65. The molecule has 0 N–H and O–H groups in total. The summed E-state index contributed by atoms with van der Waals surface area (Å²) in [4.78, 5) is 31.0. The highest BCUT2D eigenvalue weighted by molar-refractivity contribution is 7.08. The van der Waals surface area contributed by atoms with Crippen molar-refractivity contribution < 1.29 is 9.59 Å². The lowest BCUT2D eigenvalue weighted by molar-refractivity contribution is -0.142. The highest BCUT2D eigenvalue weighted by Gasteiger charge is 2.50. The topological polar surface area (TPSA) is 43.9 Å². The van der Waals surface area contributed by atoms with Crippen LogP contribution in [-0.4, -0.2) is 53.3 Å². The van der Waals surface area contributed by atoms with Gasteiger partial charge in [-0.25, -0.2) is 0 Å². The molecule has 2 fully saturated rings. The highest BCUT2D eigenvalue weighted by Crippen LogP contribution is 2.35. The average molecular weight is 376 g/mol. The molecule has 2 aromatic heterocycles. The van der Waals surface area contributed by atoms with E-state index in [0.717, 1.165) is 31.7 Å². The Hall–Kier alpha value is -1.70. The summed E-state index contributed by atoms with van der Waals surface area (Å²) in [6, 6.07) is 4.14. The number of nitrogens with zero attached hydrogens (tertiary/aromatic N) is 3. The van der Waals surface area contributed by atoms with E-state index in [9.17, 15) is 9.59 Å². The van der Waals surface area contributed by atoms with Crippen LogP contribution in [0.25, 0.3) is 0 Å². The summed E-state index contributed by atoms with van der Waals surface area (Å²) in [5.74, 6) is 0.00575. The van der Waals surface area contributed by atoms with E-state index in [1.54, 1.807) is 29.6 Å². The Morgan fingerprint density at radius 2 is 2.00 bits per heavy atom. The zero-order chi connectivity index (χ0) is 17.4. The van der Waals surface area contributed by atoms with Crippen LogP contribution in [0.3, 0.4) is 0 Å². The number of thiophene rings is 2. The SMILES string of the molecule is CC(=O)N1CC(=O)N(c2ccsc2)C[C@@]12CCN(Cc1ccsc1)C2. The second kappa shape index (κ2) is 6.55. The molecule has 2 saturated heterocycles. The third kappa shape index (κ3) is 3.12. The van der Waals surface area contributed by atoms with E-state index in [1.165, 1.54) is 5.56 Å². The molecule has 1 spiro atoms.